The number of nitrogens with zero attached hydrogens (tertiary/aromatic N) is 5. The highest BCUT2D eigenvalue weighted by atomic mass is 32.1. The Balaban J connectivity index is 1.26. The maximum atomic E-state index is 11.9. The van der Waals surface area contributed by atoms with Crippen LogP contribution in [0.5, 0.6) is 0 Å². The van der Waals surface area contributed by atoms with Crippen LogP contribution in [0.15, 0.2) is 48.5 Å². The van der Waals surface area contributed by atoms with Crippen molar-refractivity contribution in [2.75, 3.05) is 28.7 Å². The van der Waals surface area contributed by atoms with Crippen LogP contribution in [-0.2, 0) is 11.2 Å². The number of aliphatic hydroxyl groups is 1. The van der Waals surface area contributed by atoms with Gasteiger partial charge in [0.2, 0.25) is 5.95 Å². The Kier molecular flexibility index (Phi) is 6.54. The standard InChI is InChI=1S/C26H27N7O3S/c34-19-8-6-17(7-9-19)27-24-28-18(14-16-4-2-1-3-5-16)15-21(30-24)31-25-29-20-10-11-22(32-23(20)37-25)33-12-13-36-26(33)35/h1-5,10-11,15,17,19,34H,6-9,12-14H2,(H2,27,28,29,30,31). The predicted molar refractivity (Wildman–Crippen MR) is 143 cm³/mol. The quantitative estimate of drug-likeness (QED) is 0.325. The molecule has 4 aromatic rings. The van der Waals surface area contributed by atoms with Crippen molar-refractivity contribution in [1.29, 1.82) is 0 Å². The molecule has 6 rings (SSSR count). The van der Waals surface area contributed by atoms with Gasteiger partial charge in [0.15, 0.2) is 5.13 Å². The van der Waals surface area contributed by atoms with Gasteiger partial charge in [-0.2, -0.15) is 4.98 Å². The first kappa shape index (κ1) is 23.6. The van der Waals surface area contributed by atoms with Crippen molar-refractivity contribution in [2.45, 2.75) is 44.2 Å². The van der Waals surface area contributed by atoms with E-state index in [2.05, 4.69) is 32.7 Å². The summed E-state index contributed by atoms with van der Waals surface area (Å²) in [6.07, 6.45) is 3.40. The Morgan fingerprint density at radius 1 is 1.03 bits per heavy atom. The third-order valence-electron chi connectivity index (χ3n) is 6.55. The number of hydrogen-bond acceptors (Lipinski definition) is 10. The summed E-state index contributed by atoms with van der Waals surface area (Å²) in [6.45, 7) is 0.854. The molecule has 0 radical (unpaired) electrons. The van der Waals surface area contributed by atoms with E-state index < -0.39 is 0 Å². The fourth-order valence-electron chi connectivity index (χ4n) is 4.65. The number of nitrogens with one attached hydrogen (secondary N) is 2. The van der Waals surface area contributed by atoms with Crippen molar-refractivity contribution in [3.05, 3.63) is 59.8 Å². The van der Waals surface area contributed by atoms with Crippen molar-refractivity contribution >= 4 is 50.5 Å². The number of carbonyl (C=O) groups excluding carboxylic acids is 1. The van der Waals surface area contributed by atoms with Crippen LogP contribution in [0.4, 0.5) is 27.5 Å². The molecule has 1 aliphatic heterocycles. The monoisotopic (exact) mass is 517 g/mol. The molecule has 10 nitrogen and oxygen atoms in total. The van der Waals surface area contributed by atoms with Crippen LogP contribution in [0.2, 0.25) is 0 Å². The molecule has 0 bridgehead atoms. The molecule has 190 valence electrons. The van der Waals surface area contributed by atoms with Crippen LogP contribution in [0.3, 0.4) is 0 Å². The molecule has 0 spiro atoms. The molecule has 11 heteroatoms. The lowest BCUT2D eigenvalue weighted by molar-refractivity contribution is 0.126. The molecule has 2 fully saturated rings. The molecule has 37 heavy (non-hydrogen) atoms. The molecule has 0 atom stereocenters. The summed E-state index contributed by atoms with van der Waals surface area (Å²) in [5, 5.41) is 17.3. The van der Waals surface area contributed by atoms with Gasteiger partial charge in [0, 0.05) is 18.5 Å². The summed E-state index contributed by atoms with van der Waals surface area (Å²) in [6, 6.07) is 16.0. The third-order valence-corrected chi connectivity index (χ3v) is 7.43. The molecule has 4 heterocycles. The van der Waals surface area contributed by atoms with Crippen LogP contribution < -0.4 is 15.5 Å². The van der Waals surface area contributed by atoms with E-state index in [0.29, 0.717) is 42.3 Å². The fourth-order valence-corrected chi connectivity index (χ4v) is 5.49. The van der Waals surface area contributed by atoms with E-state index in [1.165, 1.54) is 16.2 Å². The second-order valence-corrected chi connectivity index (χ2v) is 10.3. The van der Waals surface area contributed by atoms with E-state index in [4.69, 9.17) is 14.7 Å². The van der Waals surface area contributed by atoms with Crippen LogP contribution in [0, 0.1) is 0 Å². The molecule has 1 amide bonds. The Morgan fingerprint density at radius 3 is 2.65 bits per heavy atom. The first-order valence-electron chi connectivity index (χ1n) is 12.4. The summed E-state index contributed by atoms with van der Waals surface area (Å²) in [7, 11) is 0. The molecular weight excluding hydrogens is 490 g/mol. The minimum Gasteiger partial charge on any atom is -0.447 e. The number of ether oxygens (including phenoxy) is 1. The summed E-state index contributed by atoms with van der Waals surface area (Å²) < 4.78 is 5.03. The largest absolute Gasteiger partial charge is 0.447 e. The third kappa shape index (κ3) is 5.47. The highest BCUT2D eigenvalue weighted by molar-refractivity contribution is 7.21. The summed E-state index contributed by atoms with van der Waals surface area (Å²) >= 11 is 1.40. The van der Waals surface area contributed by atoms with Gasteiger partial charge in [-0.25, -0.2) is 19.7 Å². The normalized spacial score (nSPS) is 19.7. The number of carbonyl (C=O) groups is 1. The molecule has 2 aliphatic rings. The smallest absolute Gasteiger partial charge is 0.415 e. The number of fused-ring (bicyclic) bond motifs is 1. The average Bonchev–Trinajstić information content (AvgIpc) is 3.50. The predicted octanol–water partition coefficient (Wildman–Crippen LogP) is 4.49. The Hall–Kier alpha value is -3.83. The number of aliphatic hydroxyl groups excluding tert-OH is 1. The molecule has 1 saturated heterocycles. The number of amides is 1. The number of pyridine rings is 1. The Bertz CT molecular complexity index is 1410. The van der Waals surface area contributed by atoms with E-state index in [-0.39, 0.29) is 18.2 Å². The number of benzene rings is 1. The van der Waals surface area contributed by atoms with Gasteiger partial charge in [-0.05, 0) is 43.4 Å². The topological polar surface area (TPSA) is 125 Å². The SMILES string of the molecule is O=C1OCCN1c1ccc2nc(Nc3cc(Cc4ccccc4)nc(NC4CCC(O)CC4)n3)sc2n1. The van der Waals surface area contributed by atoms with Gasteiger partial charge in [-0.3, -0.25) is 4.90 Å². The Labute approximate surface area is 217 Å². The Morgan fingerprint density at radius 2 is 1.86 bits per heavy atom. The number of hydrogen-bond donors (Lipinski definition) is 3. The van der Waals surface area contributed by atoms with Crippen LogP contribution in [0.1, 0.15) is 36.9 Å². The molecule has 1 aromatic carbocycles. The first-order chi connectivity index (χ1) is 18.1. The van der Waals surface area contributed by atoms with Gasteiger partial charge < -0.3 is 20.5 Å². The van der Waals surface area contributed by atoms with E-state index in [1.807, 2.05) is 30.3 Å². The number of thiazole rings is 1. The lowest BCUT2D eigenvalue weighted by atomic mass is 9.93. The van der Waals surface area contributed by atoms with Crippen molar-refractivity contribution in [3.8, 4) is 0 Å². The maximum absolute atomic E-state index is 11.9. The minimum absolute atomic E-state index is 0.218. The molecule has 0 unspecified atom stereocenters. The van der Waals surface area contributed by atoms with Crippen molar-refractivity contribution in [2.24, 2.45) is 0 Å². The fraction of sp³-hybridized carbons (Fsp3) is 0.346. The maximum Gasteiger partial charge on any atom is 0.415 e. The van der Waals surface area contributed by atoms with Gasteiger partial charge in [0.05, 0.1) is 18.3 Å². The number of rotatable bonds is 7. The van der Waals surface area contributed by atoms with E-state index >= 15 is 0 Å². The van der Waals surface area contributed by atoms with Crippen molar-refractivity contribution < 1.29 is 14.6 Å². The van der Waals surface area contributed by atoms with Crippen LogP contribution in [-0.4, -0.2) is 56.4 Å². The average molecular weight is 518 g/mol. The zero-order chi connectivity index (χ0) is 25.2. The molecule has 3 N–H and O–H groups in total. The number of aromatic nitrogens is 4. The number of cyclic esters (lactones) is 1. The second-order valence-electron chi connectivity index (χ2n) is 9.28. The highest BCUT2D eigenvalue weighted by Crippen LogP contribution is 2.30. The first-order valence-corrected chi connectivity index (χ1v) is 13.3. The summed E-state index contributed by atoms with van der Waals surface area (Å²) in [4.78, 5) is 33.0. The zero-order valence-electron chi connectivity index (χ0n) is 20.1. The minimum atomic E-state index is -0.380. The highest BCUT2D eigenvalue weighted by Gasteiger charge is 2.25. The summed E-state index contributed by atoms with van der Waals surface area (Å²) in [5.74, 6) is 1.76. The van der Waals surface area contributed by atoms with Crippen LogP contribution >= 0.6 is 11.3 Å². The molecule has 1 aliphatic carbocycles. The van der Waals surface area contributed by atoms with Crippen molar-refractivity contribution in [1.82, 2.24) is 19.9 Å². The van der Waals surface area contributed by atoms with Gasteiger partial charge in [-0.1, -0.05) is 41.7 Å². The lowest BCUT2D eigenvalue weighted by Crippen LogP contribution is -2.29. The van der Waals surface area contributed by atoms with E-state index in [9.17, 15) is 9.90 Å². The second kappa shape index (κ2) is 10.3. The number of anilines is 4. The van der Waals surface area contributed by atoms with Gasteiger partial charge in [0.1, 0.15) is 28.6 Å². The molecule has 3 aromatic heterocycles. The van der Waals surface area contributed by atoms with Gasteiger partial charge in [-0.15, -0.1) is 0 Å². The van der Waals surface area contributed by atoms with Crippen LogP contribution in [0.25, 0.3) is 10.3 Å². The molecule has 1 saturated carbocycles. The lowest BCUT2D eigenvalue weighted by Gasteiger charge is -2.26. The van der Waals surface area contributed by atoms with E-state index in [1.54, 1.807) is 6.07 Å². The van der Waals surface area contributed by atoms with Crippen molar-refractivity contribution in [3.63, 3.8) is 0 Å². The molecular formula is C26H27N7O3S. The zero-order valence-corrected chi connectivity index (χ0v) is 20.9. The summed E-state index contributed by atoms with van der Waals surface area (Å²) in [5.41, 5.74) is 2.79. The van der Waals surface area contributed by atoms with E-state index in [0.717, 1.165) is 47.3 Å². The van der Waals surface area contributed by atoms with Gasteiger partial charge >= 0.3 is 6.09 Å². The van der Waals surface area contributed by atoms with Gasteiger partial charge in [0.25, 0.3) is 0 Å².